The van der Waals surface area contributed by atoms with Gasteiger partial charge in [-0.2, -0.15) is 13.2 Å². The lowest BCUT2D eigenvalue weighted by Crippen LogP contribution is -2.39. The Morgan fingerprint density at radius 3 is 2.76 bits per heavy atom. The molecule has 0 atom stereocenters. The normalized spacial score (nSPS) is 13.8. The molecule has 0 saturated carbocycles. The summed E-state index contributed by atoms with van der Waals surface area (Å²) in [5.74, 6) is -1.98. The summed E-state index contributed by atoms with van der Waals surface area (Å²) < 4.78 is 51.0. The zero-order valence-electron chi connectivity index (χ0n) is 15.5. The molecule has 1 aromatic heterocycles. The van der Waals surface area contributed by atoms with Gasteiger partial charge in [0.1, 0.15) is 12.4 Å². The highest BCUT2D eigenvalue weighted by Crippen LogP contribution is 2.25. The van der Waals surface area contributed by atoms with Crippen molar-refractivity contribution in [1.82, 2.24) is 10.2 Å². The van der Waals surface area contributed by atoms with E-state index >= 15 is 0 Å². The first-order valence-electron chi connectivity index (χ1n) is 8.86. The number of nitrogens with zero attached hydrogens (tertiary/aromatic N) is 1. The Labute approximate surface area is 168 Å². The average molecular weight is 429 g/mol. The summed E-state index contributed by atoms with van der Waals surface area (Å²) in [7, 11) is 0. The molecule has 2 N–H and O–H groups in total. The van der Waals surface area contributed by atoms with E-state index in [1.165, 1.54) is 17.9 Å². The maximum atomic E-state index is 14.1. The highest BCUT2D eigenvalue weighted by Gasteiger charge is 2.28. The maximum Gasteiger partial charge on any atom is 0.405 e. The lowest BCUT2D eigenvalue weighted by molar-refractivity contribution is -0.130. The highest BCUT2D eigenvalue weighted by molar-refractivity contribution is 7.10. The first-order valence-corrected chi connectivity index (χ1v) is 9.74. The second-order valence-electron chi connectivity index (χ2n) is 6.72. The summed E-state index contributed by atoms with van der Waals surface area (Å²) in [6, 6.07) is 4.09. The van der Waals surface area contributed by atoms with E-state index in [0.717, 1.165) is 18.1 Å². The SMILES string of the molecule is Cc1c(F)cc(C(=O)NCC(F)(F)F)cc1NCC(=O)N1CCc2sccc2C1. The van der Waals surface area contributed by atoms with E-state index in [1.807, 2.05) is 11.4 Å². The van der Waals surface area contributed by atoms with Gasteiger partial charge in [0.15, 0.2) is 0 Å². The molecule has 10 heteroatoms. The van der Waals surface area contributed by atoms with Crippen LogP contribution in [0, 0.1) is 12.7 Å². The van der Waals surface area contributed by atoms with Gasteiger partial charge < -0.3 is 15.5 Å². The van der Waals surface area contributed by atoms with Crippen LogP contribution in [0.4, 0.5) is 23.2 Å². The van der Waals surface area contributed by atoms with Crippen molar-refractivity contribution in [3.05, 3.63) is 51.0 Å². The average Bonchev–Trinajstić information content (AvgIpc) is 3.14. The number of thiophene rings is 1. The number of fused-ring (bicyclic) bond motifs is 1. The summed E-state index contributed by atoms with van der Waals surface area (Å²) in [4.78, 5) is 27.4. The Hall–Kier alpha value is -2.62. The molecule has 0 aliphatic carbocycles. The standard InChI is InChI=1S/C19H19F4N3O2S/c1-11-14(20)6-13(18(28)25-10-19(21,22)23)7-15(11)24-8-17(27)26-4-2-16-12(9-26)3-5-29-16/h3,5-7,24H,2,4,8-10H2,1H3,(H,25,28). The monoisotopic (exact) mass is 429 g/mol. The number of halogens is 4. The molecule has 0 unspecified atom stereocenters. The Balaban J connectivity index is 1.65. The summed E-state index contributed by atoms with van der Waals surface area (Å²) in [5, 5.41) is 6.49. The molecule has 2 heterocycles. The van der Waals surface area contributed by atoms with E-state index < -0.39 is 24.4 Å². The first-order chi connectivity index (χ1) is 13.6. The van der Waals surface area contributed by atoms with Crippen molar-refractivity contribution in [3.8, 4) is 0 Å². The van der Waals surface area contributed by atoms with Crippen LogP contribution in [0.1, 0.15) is 26.4 Å². The maximum absolute atomic E-state index is 14.1. The highest BCUT2D eigenvalue weighted by atomic mass is 32.1. The molecule has 0 fully saturated rings. The topological polar surface area (TPSA) is 61.4 Å². The predicted molar refractivity (Wildman–Crippen MR) is 101 cm³/mol. The molecular formula is C19H19F4N3O2S. The number of anilines is 1. The van der Waals surface area contributed by atoms with E-state index in [0.29, 0.717) is 13.1 Å². The Kier molecular flexibility index (Phi) is 6.11. The van der Waals surface area contributed by atoms with Crippen molar-refractivity contribution in [3.63, 3.8) is 0 Å². The van der Waals surface area contributed by atoms with Crippen LogP contribution in [0.3, 0.4) is 0 Å². The second kappa shape index (κ2) is 8.40. The minimum absolute atomic E-state index is 0.118. The number of alkyl halides is 3. The van der Waals surface area contributed by atoms with Crippen molar-refractivity contribution >= 4 is 28.8 Å². The molecule has 5 nitrogen and oxygen atoms in total. The summed E-state index contributed by atoms with van der Waals surface area (Å²) in [6.45, 7) is 0.918. The van der Waals surface area contributed by atoms with Gasteiger partial charge in [-0.05, 0) is 42.5 Å². The van der Waals surface area contributed by atoms with Crippen LogP contribution in [-0.2, 0) is 17.8 Å². The molecule has 1 aromatic carbocycles. The van der Waals surface area contributed by atoms with Gasteiger partial charge in [-0.3, -0.25) is 9.59 Å². The zero-order chi connectivity index (χ0) is 21.2. The minimum atomic E-state index is -4.57. The fraction of sp³-hybridized carbons (Fsp3) is 0.368. The van der Waals surface area contributed by atoms with Crippen LogP contribution in [-0.4, -0.2) is 42.5 Å². The van der Waals surface area contributed by atoms with Crippen molar-refractivity contribution in [1.29, 1.82) is 0 Å². The third-order valence-electron chi connectivity index (χ3n) is 4.65. The van der Waals surface area contributed by atoms with Gasteiger partial charge in [0.2, 0.25) is 5.91 Å². The number of rotatable bonds is 5. The summed E-state index contributed by atoms with van der Waals surface area (Å²) in [5.41, 5.74) is 1.21. The van der Waals surface area contributed by atoms with Gasteiger partial charge >= 0.3 is 6.18 Å². The van der Waals surface area contributed by atoms with E-state index in [2.05, 4.69) is 5.32 Å². The molecule has 1 aliphatic heterocycles. The molecule has 1 aliphatic rings. The number of amides is 2. The fourth-order valence-corrected chi connectivity index (χ4v) is 3.91. The number of hydrogen-bond acceptors (Lipinski definition) is 4. The third-order valence-corrected chi connectivity index (χ3v) is 5.67. The van der Waals surface area contributed by atoms with Crippen LogP contribution in [0.2, 0.25) is 0 Å². The third kappa shape index (κ3) is 5.26. The molecule has 3 rings (SSSR count). The van der Waals surface area contributed by atoms with Gasteiger partial charge in [-0.25, -0.2) is 4.39 Å². The molecular weight excluding hydrogens is 410 g/mol. The van der Waals surface area contributed by atoms with Crippen LogP contribution in [0.25, 0.3) is 0 Å². The van der Waals surface area contributed by atoms with Crippen molar-refractivity contribution in [2.45, 2.75) is 26.1 Å². The van der Waals surface area contributed by atoms with Crippen LogP contribution in [0.15, 0.2) is 23.6 Å². The number of benzene rings is 1. The van der Waals surface area contributed by atoms with E-state index in [-0.39, 0.29) is 29.3 Å². The molecule has 0 radical (unpaired) electrons. The summed E-state index contributed by atoms with van der Waals surface area (Å²) in [6.07, 6.45) is -3.79. The quantitative estimate of drug-likeness (QED) is 0.716. The molecule has 0 saturated heterocycles. The Bertz CT molecular complexity index is 927. The largest absolute Gasteiger partial charge is 0.405 e. The second-order valence-corrected chi connectivity index (χ2v) is 7.72. The molecule has 2 amide bonds. The number of hydrogen-bond donors (Lipinski definition) is 2. The predicted octanol–water partition coefficient (Wildman–Crippen LogP) is 3.48. The molecule has 156 valence electrons. The number of carbonyl (C=O) groups is 2. The van der Waals surface area contributed by atoms with Crippen LogP contribution in [0.5, 0.6) is 0 Å². The van der Waals surface area contributed by atoms with E-state index in [4.69, 9.17) is 0 Å². The minimum Gasteiger partial charge on any atom is -0.376 e. The Morgan fingerprint density at radius 1 is 1.28 bits per heavy atom. The smallest absolute Gasteiger partial charge is 0.376 e. The van der Waals surface area contributed by atoms with Crippen molar-refractivity contribution in [2.24, 2.45) is 0 Å². The number of nitrogens with one attached hydrogen (secondary N) is 2. The molecule has 29 heavy (non-hydrogen) atoms. The van der Waals surface area contributed by atoms with E-state index in [9.17, 15) is 27.2 Å². The first kappa shape index (κ1) is 21.1. The van der Waals surface area contributed by atoms with Gasteiger partial charge in [0.25, 0.3) is 5.91 Å². The lowest BCUT2D eigenvalue weighted by Gasteiger charge is -2.27. The van der Waals surface area contributed by atoms with Crippen LogP contribution >= 0.6 is 11.3 Å². The van der Waals surface area contributed by atoms with Gasteiger partial charge in [-0.15, -0.1) is 11.3 Å². The molecule has 2 aromatic rings. The van der Waals surface area contributed by atoms with E-state index in [1.54, 1.807) is 21.6 Å². The van der Waals surface area contributed by atoms with Crippen molar-refractivity contribution in [2.75, 3.05) is 25.0 Å². The zero-order valence-corrected chi connectivity index (χ0v) is 16.3. The Morgan fingerprint density at radius 2 is 2.03 bits per heavy atom. The van der Waals surface area contributed by atoms with Gasteiger partial charge in [0.05, 0.1) is 6.54 Å². The summed E-state index contributed by atoms with van der Waals surface area (Å²) >= 11 is 1.66. The van der Waals surface area contributed by atoms with Crippen molar-refractivity contribution < 1.29 is 27.2 Å². The number of carbonyl (C=O) groups excluding carboxylic acids is 2. The van der Waals surface area contributed by atoms with Crippen LogP contribution < -0.4 is 10.6 Å². The van der Waals surface area contributed by atoms with Gasteiger partial charge in [-0.1, -0.05) is 0 Å². The molecule has 0 spiro atoms. The molecule has 0 bridgehead atoms. The lowest BCUT2D eigenvalue weighted by atomic mass is 10.1. The fourth-order valence-electron chi connectivity index (χ4n) is 3.02. The van der Waals surface area contributed by atoms with Gasteiger partial charge in [0, 0.05) is 34.8 Å².